The van der Waals surface area contributed by atoms with E-state index in [1.165, 1.54) is 38.5 Å². The lowest BCUT2D eigenvalue weighted by molar-refractivity contribution is -0.111. The molecule has 3 aromatic carbocycles. The standard InChI is InChI=1S/C33H34FN3O8S/c1-41-29-6-3-4-7-32(29)46(39,40)19-11-33(38)36-23-8-9-28(25(34)20-23)45-27-10-12-35-26-22-31(30(42-2)21-24(26)27)44-16-5-13-37-14-17-43-18-15-37/h3-4,6-12,19-22H,5,13-18H2,1-2H3,(H,36,38)/b19-11+. The van der Waals surface area contributed by atoms with E-state index >= 15 is 4.39 Å². The second-order valence-electron chi connectivity index (χ2n) is 10.2. The minimum Gasteiger partial charge on any atom is -0.495 e. The molecule has 5 rings (SSSR count). The number of sulfone groups is 1. The minimum absolute atomic E-state index is 0.0846. The summed E-state index contributed by atoms with van der Waals surface area (Å²) in [7, 11) is -1.08. The quantitative estimate of drug-likeness (QED) is 0.152. The summed E-state index contributed by atoms with van der Waals surface area (Å²) in [6, 6.07) is 15.0. The zero-order valence-electron chi connectivity index (χ0n) is 25.4. The first-order valence-corrected chi connectivity index (χ1v) is 16.1. The van der Waals surface area contributed by atoms with Gasteiger partial charge in [-0.3, -0.25) is 14.7 Å². The van der Waals surface area contributed by atoms with Crippen LogP contribution in [0.5, 0.6) is 28.7 Å². The molecule has 0 aliphatic carbocycles. The number of amides is 1. The van der Waals surface area contributed by atoms with Crippen molar-refractivity contribution in [1.82, 2.24) is 9.88 Å². The van der Waals surface area contributed by atoms with E-state index in [0.29, 0.717) is 34.8 Å². The number of nitrogens with zero attached hydrogens (tertiary/aromatic N) is 2. The van der Waals surface area contributed by atoms with Gasteiger partial charge in [-0.25, -0.2) is 12.8 Å². The SMILES string of the molecule is COc1cc2c(Oc3ccc(NC(=O)/C=C/S(=O)(=O)c4ccccc4OC)cc3F)ccnc2cc1OCCCN1CCOCC1. The zero-order chi connectivity index (χ0) is 32.5. The maximum absolute atomic E-state index is 15.1. The smallest absolute Gasteiger partial charge is 0.249 e. The van der Waals surface area contributed by atoms with Crippen molar-refractivity contribution in [3.8, 4) is 28.7 Å². The van der Waals surface area contributed by atoms with Crippen molar-refractivity contribution in [2.45, 2.75) is 11.3 Å². The van der Waals surface area contributed by atoms with Crippen molar-refractivity contribution in [3.05, 3.63) is 84.2 Å². The van der Waals surface area contributed by atoms with E-state index in [9.17, 15) is 13.2 Å². The normalized spacial score (nSPS) is 13.9. The van der Waals surface area contributed by atoms with Crippen molar-refractivity contribution >= 4 is 32.3 Å². The molecule has 1 aromatic heterocycles. The summed E-state index contributed by atoms with van der Waals surface area (Å²) in [5.41, 5.74) is 0.673. The summed E-state index contributed by atoms with van der Waals surface area (Å²) < 4.78 is 68.4. The highest BCUT2D eigenvalue weighted by molar-refractivity contribution is 7.94. The Labute approximate surface area is 266 Å². The third-order valence-corrected chi connectivity index (χ3v) is 8.61. The molecule has 1 aliphatic rings. The summed E-state index contributed by atoms with van der Waals surface area (Å²) >= 11 is 0. The number of carbonyl (C=O) groups is 1. The number of para-hydroxylation sites is 1. The number of pyridine rings is 1. The third-order valence-electron chi connectivity index (χ3n) is 7.16. The molecule has 0 saturated carbocycles. The van der Waals surface area contributed by atoms with Crippen LogP contribution in [0.1, 0.15) is 6.42 Å². The van der Waals surface area contributed by atoms with E-state index in [-0.39, 0.29) is 22.1 Å². The highest BCUT2D eigenvalue weighted by Crippen LogP contribution is 2.38. The molecule has 46 heavy (non-hydrogen) atoms. The lowest BCUT2D eigenvalue weighted by Crippen LogP contribution is -2.37. The lowest BCUT2D eigenvalue weighted by Gasteiger charge is -2.26. The summed E-state index contributed by atoms with van der Waals surface area (Å²) in [6.07, 6.45) is 3.23. The van der Waals surface area contributed by atoms with Gasteiger partial charge >= 0.3 is 0 Å². The Morgan fingerprint density at radius 3 is 2.52 bits per heavy atom. The summed E-state index contributed by atoms with van der Waals surface area (Å²) in [5, 5.41) is 3.80. The number of morpholine rings is 1. The first kappa shape index (κ1) is 32.7. The number of hydrogen-bond donors (Lipinski definition) is 1. The number of rotatable bonds is 13. The van der Waals surface area contributed by atoms with E-state index in [0.717, 1.165) is 56.8 Å². The van der Waals surface area contributed by atoms with E-state index in [1.807, 2.05) is 0 Å². The van der Waals surface area contributed by atoms with Gasteiger partial charge in [0.25, 0.3) is 0 Å². The number of halogens is 1. The summed E-state index contributed by atoms with van der Waals surface area (Å²) in [6.45, 7) is 4.73. The Morgan fingerprint density at radius 2 is 1.76 bits per heavy atom. The molecule has 242 valence electrons. The Morgan fingerprint density at radius 1 is 0.978 bits per heavy atom. The highest BCUT2D eigenvalue weighted by Gasteiger charge is 2.18. The molecule has 0 unspecified atom stereocenters. The number of benzene rings is 3. The molecular weight excluding hydrogens is 617 g/mol. The molecular formula is C33H34FN3O8S. The molecule has 11 nitrogen and oxygen atoms in total. The van der Waals surface area contributed by atoms with Crippen LogP contribution < -0.4 is 24.3 Å². The number of fused-ring (bicyclic) bond motifs is 1. The van der Waals surface area contributed by atoms with Crippen LogP contribution >= 0.6 is 0 Å². The van der Waals surface area contributed by atoms with Crippen LogP contribution in [0.15, 0.2) is 83.2 Å². The zero-order valence-corrected chi connectivity index (χ0v) is 26.2. The Balaban J connectivity index is 1.24. The maximum Gasteiger partial charge on any atom is 0.249 e. The highest BCUT2D eigenvalue weighted by atomic mass is 32.2. The Kier molecular flexibility index (Phi) is 10.7. The summed E-state index contributed by atoms with van der Waals surface area (Å²) in [4.78, 5) is 19.1. The number of ether oxygens (including phenoxy) is 5. The number of nitrogens with one attached hydrogen (secondary N) is 1. The number of anilines is 1. The second kappa shape index (κ2) is 15.0. The van der Waals surface area contributed by atoms with E-state index < -0.39 is 21.6 Å². The topological polar surface area (TPSA) is 126 Å². The molecule has 13 heteroatoms. The van der Waals surface area contributed by atoms with Gasteiger partial charge < -0.3 is 29.0 Å². The molecule has 0 bridgehead atoms. The van der Waals surface area contributed by atoms with Crippen LogP contribution in [0.3, 0.4) is 0 Å². The lowest BCUT2D eigenvalue weighted by atomic mass is 10.1. The van der Waals surface area contributed by atoms with E-state index in [1.54, 1.807) is 36.5 Å². The van der Waals surface area contributed by atoms with Gasteiger partial charge in [-0.05, 0) is 42.8 Å². The van der Waals surface area contributed by atoms with Crippen LogP contribution in [0.4, 0.5) is 10.1 Å². The van der Waals surface area contributed by atoms with Gasteiger partial charge in [0, 0.05) is 60.5 Å². The van der Waals surface area contributed by atoms with Crippen LogP contribution in [0.25, 0.3) is 10.9 Å². The predicted octanol–water partition coefficient (Wildman–Crippen LogP) is 5.21. The number of hydrogen-bond acceptors (Lipinski definition) is 10. The van der Waals surface area contributed by atoms with Crippen LogP contribution in [0.2, 0.25) is 0 Å². The monoisotopic (exact) mass is 651 g/mol. The van der Waals surface area contributed by atoms with Crippen molar-refractivity contribution in [2.75, 3.05) is 59.0 Å². The molecule has 0 atom stereocenters. The van der Waals surface area contributed by atoms with Crippen molar-refractivity contribution in [2.24, 2.45) is 0 Å². The maximum atomic E-state index is 15.1. The van der Waals surface area contributed by atoms with Crippen molar-refractivity contribution < 1.29 is 41.3 Å². The molecule has 1 amide bonds. The molecule has 2 heterocycles. The van der Waals surface area contributed by atoms with Crippen LogP contribution in [-0.2, 0) is 19.4 Å². The van der Waals surface area contributed by atoms with E-state index in [2.05, 4.69) is 15.2 Å². The van der Waals surface area contributed by atoms with Gasteiger partial charge in [0.15, 0.2) is 23.1 Å². The number of methoxy groups -OCH3 is 2. The Bertz CT molecular complexity index is 1830. The van der Waals surface area contributed by atoms with Crippen LogP contribution in [-0.4, -0.2) is 77.9 Å². The minimum atomic E-state index is -3.96. The van der Waals surface area contributed by atoms with Gasteiger partial charge in [-0.2, -0.15) is 0 Å². The van der Waals surface area contributed by atoms with Gasteiger partial charge in [-0.1, -0.05) is 12.1 Å². The summed E-state index contributed by atoms with van der Waals surface area (Å²) in [5.74, 6) is -0.105. The molecule has 1 saturated heterocycles. The first-order valence-electron chi connectivity index (χ1n) is 14.5. The number of carbonyl (C=O) groups excluding carboxylic acids is 1. The third kappa shape index (κ3) is 8.10. The van der Waals surface area contributed by atoms with Crippen LogP contribution in [0, 0.1) is 5.82 Å². The van der Waals surface area contributed by atoms with Crippen molar-refractivity contribution in [1.29, 1.82) is 0 Å². The van der Waals surface area contributed by atoms with Gasteiger partial charge in [-0.15, -0.1) is 0 Å². The fourth-order valence-electron chi connectivity index (χ4n) is 4.83. The first-order chi connectivity index (χ1) is 22.3. The Hall–Kier alpha value is -4.72. The molecule has 0 radical (unpaired) electrons. The molecule has 1 fully saturated rings. The van der Waals surface area contributed by atoms with Gasteiger partial charge in [0.1, 0.15) is 16.4 Å². The number of aromatic nitrogens is 1. The average Bonchev–Trinajstić information content (AvgIpc) is 3.07. The van der Waals surface area contributed by atoms with Gasteiger partial charge in [0.2, 0.25) is 15.7 Å². The molecule has 1 aliphatic heterocycles. The fourth-order valence-corrected chi connectivity index (χ4v) is 5.98. The molecule has 1 N–H and O–H groups in total. The second-order valence-corrected chi connectivity index (χ2v) is 12.0. The fraction of sp³-hybridized carbons (Fsp3) is 0.273. The molecule has 4 aromatic rings. The predicted molar refractivity (Wildman–Crippen MR) is 170 cm³/mol. The van der Waals surface area contributed by atoms with E-state index in [4.69, 9.17) is 23.7 Å². The average molecular weight is 652 g/mol. The molecule has 0 spiro atoms. The van der Waals surface area contributed by atoms with Gasteiger partial charge in [0.05, 0.1) is 39.6 Å². The van der Waals surface area contributed by atoms with Crippen molar-refractivity contribution in [3.63, 3.8) is 0 Å². The largest absolute Gasteiger partial charge is 0.495 e.